The van der Waals surface area contributed by atoms with Crippen LogP contribution in [-0.4, -0.2) is 44.2 Å². The molecule has 0 aliphatic carbocycles. The number of nitrogens with one attached hydrogen (secondary N) is 1. The molecule has 1 aliphatic heterocycles. The molecule has 1 aliphatic rings. The van der Waals surface area contributed by atoms with Crippen LogP contribution in [0.25, 0.3) is 0 Å². The summed E-state index contributed by atoms with van der Waals surface area (Å²) in [6.07, 6.45) is 9.63. The molecular weight excluding hydrogens is 422 g/mol. The molecule has 164 valence electrons. The smallest absolute Gasteiger partial charge is 0.168 e. The van der Waals surface area contributed by atoms with Crippen molar-refractivity contribution in [2.45, 2.75) is 51.5 Å². The first-order chi connectivity index (χ1) is 15.2. The number of likely N-dealkylation sites (tertiary alicyclic amines) is 1. The molecule has 1 fully saturated rings. The number of unbranched alkanes of at least 4 members (excludes halogenated alkanes) is 1. The highest BCUT2D eigenvalue weighted by Crippen LogP contribution is 2.27. The Morgan fingerprint density at radius 1 is 1.19 bits per heavy atom. The standard InChI is InChI=1S/C24H31N5S2/c1-19-27-22(18-31-19)17-29-16-13-25-23(29)21-10-14-28(15-11-21)24(30)26-12-6-5-9-20-7-3-2-4-8-20/h2-4,7-8,13,16,18,21H,5-6,9-12,14-15,17H2,1H3,(H,26,30). The van der Waals surface area contributed by atoms with E-state index in [0.29, 0.717) is 5.92 Å². The summed E-state index contributed by atoms with van der Waals surface area (Å²) in [5.74, 6) is 1.67. The van der Waals surface area contributed by atoms with Crippen LogP contribution in [0.2, 0.25) is 0 Å². The minimum Gasteiger partial charge on any atom is -0.363 e. The van der Waals surface area contributed by atoms with E-state index in [9.17, 15) is 0 Å². The van der Waals surface area contributed by atoms with E-state index in [1.165, 1.54) is 17.8 Å². The highest BCUT2D eigenvalue weighted by atomic mass is 32.1. The molecule has 3 aromatic rings. The molecule has 5 nitrogen and oxygen atoms in total. The molecule has 0 atom stereocenters. The highest BCUT2D eigenvalue weighted by Gasteiger charge is 2.25. The number of rotatable bonds is 8. The number of piperidine rings is 1. The van der Waals surface area contributed by atoms with Crippen LogP contribution in [0.3, 0.4) is 0 Å². The molecule has 0 bridgehead atoms. The monoisotopic (exact) mass is 453 g/mol. The van der Waals surface area contributed by atoms with Gasteiger partial charge in [-0.2, -0.15) is 0 Å². The summed E-state index contributed by atoms with van der Waals surface area (Å²) in [7, 11) is 0. The van der Waals surface area contributed by atoms with Crippen LogP contribution in [0.1, 0.15) is 53.7 Å². The van der Waals surface area contributed by atoms with Crippen LogP contribution in [0, 0.1) is 6.92 Å². The van der Waals surface area contributed by atoms with Gasteiger partial charge < -0.3 is 14.8 Å². The van der Waals surface area contributed by atoms with Gasteiger partial charge in [0.2, 0.25) is 0 Å². The normalized spacial score (nSPS) is 14.7. The third kappa shape index (κ3) is 6.14. The number of aryl methyl sites for hydroxylation is 2. The molecule has 7 heteroatoms. The number of hydrogen-bond donors (Lipinski definition) is 1. The van der Waals surface area contributed by atoms with E-state index >= 15 is 0 Å². The van der Waals surface area contributed by atoms with E-state index in [4.69, 9.17) is 12.2 Å². The number of hydrogen-bond acceptors (Lipinski definition) is 4. The van der Waals surface area contributed by atoms with E-state index in [2.05, 4.69) is 73.6 Å². The summed E-state index contributed by atoms with van der Waals surface area (Å²) < 4.78 is 2.26. The molecule has 0 radical (unpaired) electrons. The van der Waals surface area contributed by atoms with Crippen molar-refractivity contribution < 1.29 is 0 Å². The number of imidazole rings is 1. The van der Waals surface area contributed by atoms with Gasteiger partial charge in [0.1, 0.15) is 5.82 Å². The molecule has 1 saturated heterocycles. The summed E-state index contributed by atoms with van der Waals surface area (Å²) in [6.45, 7) is 5.79. The number of thiocarbonyl (C=S) groups is 1. The second-order valence-electron chi connectivity index (χ2n) is 8.21. The topological polar surface area (TPSA) is 46.0 Å². The Bertz CT molecular complexity index is 957. The predicted octanol–water partition coefficient (Wildman–Crippen LogP) is 4.77. The van der Waals surface area contributed by atoms with E-state index in [1.54, 1.807) is 11.3 Å². The highest BCUT2D eigenvalue weighted by molar-refractivity contribution is 7.80. The minimum atomic E-state index is 0.486. The van der Waals surface area contributed by atoms with Crippen LogP contribution in [0.4, 0.5) is 0 Å². The van der Waals surface area contributed by atoms with Crippen molar-refractivity contribution in [3.8, 4) is 0 Å². The fourth-order valence-electron chi connectivity index (χ4n) is 4.22. The first-order valence-corrected chi connectivity index (χ1v) is 12.5. The Hall–Kier alpha value is -2.25. The maximum Gasteiger partial charge on any atom is 0.168 e. The fourth-order valence-corrected chi connectivity index (χ4v) is 5.10. The van der Waals surface area contributed by atoms with Crippen molar-refractivity contribution >= 4 is 28.7 Å². The van der Waals surface area contributed by atoms with Crippen LogP contribution >= 0.6 is 23.6 Å². The lowest BCUT2D eigenvalue weighted by atomic mass is 9.96. The lowest BCUT2D eigenvalue weighted by Gasteiger charge is -2.33. The molecule has 0 amide bonds. The molecule has 0 unspecified atom stereocenters. The van der Waals surface area contributed by atoms with Gasteiger partial charge in [0, 0.05) is 43.3 Å². The summed E-state index contributed by atoms with van der Waals surface area (Å²) in [5.41, 5.74) is 2.53. The van der Waals surface area contributed by atoms with Gasteiger partial charge in [-0.25, -0.2) is 9.97 Å². The minimum absolute atomic E-state index is 0.486. The second kappa shape index (κ2) is 10.9. The first-order valence-electron chi connectivity index (χ1n) is 11.2. The SMILES string of the molecule is Cc1nc(Cn2ccnc2C2CCN(C(=S)NCCCCc3ccccc3)CC2)cs1. The third-order valence-electron chi connectivity index (χ3n) is 5.91. The number of benzene rings is 1. The molecule has 2 aromatic heterocycles. The zero-order valence-corrected chi connectivity index (χ0v) is 19.8. The molecule has 1 aromatic carbocycles. The van der Waals surface area contributed by atoms with Gasteiger partial charge in [0.25, 0.3) is 0 Å². The molecule has 0 saturated carbocycles. The van der Waals surface area contributed by atoms with Crippen molar-refractivity contribution in [2.75, 3.05) is 19.6 Å². The van der Waals surface area contributed by atoms with Crippen molar-refractivity contribution in [3.63, 3.8) is 0 Å². The van der Waals surface area contributed by atoms with Crippen molar-refractivity contribution in [1.82, 2.24) is 24.8 Å². The van der Waals surface area contributed by atoms with E-state index in [1.807, 2.05) is 6.20 Å². The maximum absolute atomic E-state index is 5.66. The zero-order chi connectivity index (χ0) is 21.5. The number of nitrogens with zero attached hydrogens (tertiary/aromatic N) is 4. The Morgan fingerprint density at radius 2 is 2.00 bits per heavy atom. The van der Waals surface area contributed by atoms with Gasteiger partial charge in [-0.1, -0.05) is 30.3 Å². The fraction of sp³-hybridized carbons (Fsp3) is 0.458. The lowest BCUT2D eigenvalue weighted by molar-refractivity contribution is 0.300. The lowest BCUT2D eigenvalue weighted by Crippen LogP contribution is -2.44. The van der Waals surface area contributed by atoms with Crippen LogP contribution in [0.5, 0.6) is 0 Å². The molecule has 1 N–H and O–H groups in total. The quantitative estimate of drug-likeness (QED) is 0.393. The summed E-state index contributed by atoms with van der Waals surface area (Å²) in [5, 5.41) is 7.63. The summed E-state index contributed by atoms with van der Waals surface area (Å²) in [6, 6.07) is 10.7. The van der Waals surface area contributed by atoms with Gasteiger partial charge in [0.05, 0.1) is 17.2 Å². The molecule has 0 spiro atoms. The van der Waals surface area contributed by atoms with Gasteiger partial charge in [-0.3, -0.25) is 0 Å². The van der Waals surface area contributed by atoms with Crippen molar-refractivity contribution in [3.05, 3.63) is 70.2 Å². The van der Waals surface area contributed by atoms with Gasteiger partial charge >= 0.3 is 0 Å². The second-order valence-corrected chi connectivity index (χ2v) is 9.66. The van der Waals surface area contributed by atoms with Crippen molar-refractivity contribution in [1.29, 1.82) is 0 Å². The summed E-state index contributed by atoms with van der Waals surface area (Å²) in [4.78, 5) is 11.6. The molecule has 3 heterocycles. The first kappa shape index (κ1) is 22.0. The molecule has 4 rings (SSSR count). The predicted molar refractivity (Wildman–Crippen MR) is 132 cm³/mol. The molecular formula is C24H31N5S2. The summed E-state index contributed by atoms with van der Waals surface area (Å²) >= 11 is 7.36. The zero-order valence-electron chi connectivity index (χ0n) is 18.2. The Morgan fingerprint density at radius 3 is 2.74 bits per heavy atom. The van der Waals surface area contributed by atoms with E-state index < -0.39 is 0 Å². The van der Waals surface area contributed by atoms with Gasteiger partial charge in [-0.15, -0.1) is 11.3 Å². The van der Waals surface area contributed by atoms with E-state index in [-0.39, 0.29) is 0 Å². The number of aromatic nitrogens is 3. The Balaban J connectivity index is 1.18. The average molecular weight is 454 g/mol. The third-order valence-corrected chi connectivity index (χ3v) is 7.13. The van der Waals surface area contributed by atoms with Gasteiger partial charge in [-0.05, 0) is 56.8 Å². The van der Waals surface area contributed by atoms with Crippen molar-refractivity contribution in [2.24, 2.45) is 0 Å². The van der Waals surface area contributed by atoms with Crippen LogP contribution < -0.4 is 5.32 Å². The van der Waals surface area contributed by atoms with E-state index in [0.717, 1.165) is 67.7 Å². The Kier molecular flexibility index (Phi) is 7.70. The Labute approximate surface area is 194 Å². The average Bonchev–Trinajstić information content (AvgIpc) is 3.43. The van der Waals surface area contributed by atoms with Gasteiger partial charge in [0.15, 0.2) is 5.11 Å². The van der Waals surface area contributed by atoms with Crippen LogP contribution in [-0.2, 0) is 13.0 Å². The van der Waals surface area contributed by atoms with Crippen LogP contribution in [0.15, 0.2) is 48.1 Å². The maximum atomic E-state index is 5.66. The number of thiazole rings is 1. The molecule has 31 heavy (non-hydrogen) atoms. The largest absolute Gasteiger partial charge is 0.363 e.